The number of allylic oxidation sites excluding steroid dienone is 1. The van der Waals surface area contributed by atoms with Crippen LogP contribution in [-0.2, 0) is 0 Å². The molecule has 0 radical (unpaired) electrons. The molecule has 0 bridgehead atoms. The molecule has 0 saturated carbocycles. The van der Waals surface area contributed by atoms with Gasteiger partial charge in [-0.25, -0.2) is 4.98 Å². The minimum absolute atomic E-state index is 0.556. The van der Waals surface area contributed by atoms with Crippen molar-refractivity contribution >= 4 is 99.0 Å². The highest BCUT2D eigenvalue weighted by atomic mass is 15.2. The van der Waals surface area contributed by atoms with E-state index in [1.165, 1.54) is 37.7 Å². The predicted molar refractivity (Wildman–Crippen MR) is 294 cm³/mol. The van der Waals surface area contributed by atoms with Crippen molar-refractivity contribution in [1.29, 1.82) is 0 Å². The minimum atomic E-state index is 0.556. The Kier molecular flexibility index (Phi) is 8.85. The van der Waals surface area contributed by atoms with Gasteiger partial charge in [0, 0.05) is 54.7 Å². The van der Waals surface area contributed by atoms with Crippen molar-refractivity contribution < 1.29 is 0 Å². The molecule has 10 aromatic carbocycles. The number of hydrogen-bond acceptors (Lipinski definition) is 3. The summed E-state index contributed by atoms with van der Waals surface area (Å²) in [5.41, 5.74) is 11.7. The van der Waals surface area contributed by atoms with Crippen LogP contribution in [0.1, 0.15) is 18.2 Å². The number of nitrogens with zero attached hydrogens (tertiary/aromatic N) is 6. The van der Waals surface area contributed by atoms with Crippen molar-refractivity contribution in [1.82, 2.24) is 28.7 Å². The molecule has 0 aliphatic heterocycles. The lowest BCUT2D eigenvalue weighted by Crippen LogP contribution is -2.06. The van der Waals surface area contributed by atoms with Crippen LogP contribution >= 0.6 is 0 Å². The SMILES string of the molecule is C=Cc1c(/C=C\C)n(-c2ccc3c(c2)c2ccccc2n3-c2nc(-c3ccc4ccccc4c3)nc(-c3ccc4ccccc4c3)n2)c2ccc3c(c4ccccc4n3-c3cccc4ccccc34)c12. The molecule has 14 rings (SSSR count). The molecule has 0 aliphatic carbocycles. The fraction of sp³-hybridized carbons (Fsp3) is 0.0156. The average molecular weight is 895 g/mol. The highest BCUT2D eigenvalue weighted by Crippen LogP contribution is 2.44. The Hall–Kier alpha value is -9.39. The first kappa shape index (κ1) is 39.7. The number of hydrogen-bond donors (Lipinski definition) is 0. The summed E-state index contributed by atoms with van der Waals surface area (Å²) in [5.74, 6) is 1.78. The number of aromatic nitrogens is 6. The molecule has 0 unspecified atom stereocenters. The third-order valence-corrected chi connectivity index (χ3v) is 14.1. The van der Waals surface area contributed by atoms with E-state index < -0.39 is 0 Å². The van der Waals surface area contributed by atoms with Crippen LogP contribution in [-0.4, -0.2) is 28.7 Å². The van der Waals surface area contributed by atoms with Gasteiger partial charge < -0.3 is 9.13 Å². The van der Waals surface area contributed by atoms with Crippen LogP contribution in [0.3, 0.4) is 0 Å². The minimum Gasteiger partial charge on any atom is -0.309 e. The van der Waals surface area contributed by atoms with E-state index in [2.05, 4.69) is 246 Å². The first-order valence-electron chi connectivity index (χ1n) is 23.8. The second kappa shape index (κ2) is 15.6. The van der Waals surface area contributed by atoms with E-state index in [9.17, 15) is 0 Å². The zero-order chi connectivity index (χ0) is 46.5. The summed E-state index contributed by atoms with van der Waals surface area (Å²) >= 11 is 0. The van der Waals surface area contributed by atoms with Crippen molar-refractivity contribution in [3.8, 4) is 40.1 Å². The maximum atomic E-state index is 5.32. The van der Waals surface area contributed by atoms with Crippen LogP contribution in [0.5, 0.6) is 0 Å². The van der Waals surface area contributed by atoms with Gasteiger partial charge in [-0.05, 0) is 101 Å². The second-order valence-corrected chi connectivity index (χ2v) is 18.0. The van der Waals surface area contributed by atoms with Crippen LogP contribution in [0.15, 0.2) is 219 Å². The first-order chi connectivity index (χ1) is 34.6. The molecule has 14 aromatic rings. The zero-order valence-electron chi connectivity index (χ0n) is 38.3. The van der Waals surface area contributed by atoms with Gasteiger partial charge >= 0.3 is 0 Å². The Bertz CT molecular complexity index is 4420. The van der Waals surface area contributed by atoms with E-state index in [0.29, 0.717) is 17.6 Å². The zero-order valence-corrected chi connectivity index (χ0v) is 38.3. The van der Waals surface area contributed by atoms with Crippen molar-refractivity contribution in [2.45, 2.75) is 6.92 Å². The molecule has 4 heterocycles. The molecule has 6 heteroatoms. The van der Waals surface area contributed by atoms with Gasteiger partial charge in [0.25, 0.3) is 0 Å². The number of fused-ring (bicyclic) bond motifs is 11. The Morgan fingerprint density at radius 3 is 1.61 bits per heavy atom. The smallest absolute Gasteiger partial charge is 0.238 e. The van der Waals surface area contributed by atoms with Crippen LogP contribution in [0, 0.1) is 0 Å². The molecule has 0 aliphatic rings. The van der Waals surface area contributed by atoms with Gasteiger partial charge in [0.05, 0.1) is 39.0 Å². The van der Waals surface area contributed by atoms with Crippen molar-refractivity contribution in [2.24, 2.45) is 0 Å². The van der Waals surface area contributed by atoms with Crippen molar-refractivity contribution in [2.75, 3.05) is 0 Å². The van der Waals surface area contributed by atoms with Crippen LogP contribution in [0.2, 0.25) is 0 Å². The Balaban J connectivity index is 1.01. The monoisotopic (exact) mass is 894 g/mol. The lowest BCUT2D eigenvalue weighted by molar-refractivity contribution is 0.953. The van der Waals surface area contributed by atoms with Crippen molar-refractivity contribution in [3.05, 3.63) is 230 Å². The van der Waals surface area contributed by atoms with Crippen molar-refractivity contribution in [3.63, 3.8) is 0 Å². The molecule has 0 atom stereocenters. The van der Waals surface area contributed by atoms with Gasteiger partial charge in [0.2, 0.25) is 5.95 Å². The molecule has 0 saturated heterocycles. The number of benzene rings is 10. The summed E-state index contributed by atoms with van der Waals surface area (Å²) in [7, 11) is 0. The van der Waals surface area contributed by atoms with E-state index >= 15 is 0 Å². The van der Waals surface area contributed by atoms with Gasteiger partial charge in [-0.2, -0.15) is 9.97 Å². The Morgan fingerprint density at radius 1 is 0.400 bits per heavy atom. The van der Waals surface area contributed by atoms with Crippen LogP contribution in [0.4, 0.5) is 0 Å². The van der Waals surface area contributed by atoms with Gasteiger partial charge in [0.1, 0.15) is 0 Å². The van der Waals surface area contributed by atoms with Gasteiger partial charge in [-0.1, -0.05) is 164 Å². The lowest BCUT2D eigenvalue weighted by Gasteiger charge is -2.13. The van der Waals surface area contributed by atoms with Gasteiger partial charge in [-0.15, -0.1) is 0 Å². The van der Waals surface area contributed by atoms with E-state index in [1.54, 1.807) is 0 Å². The van der Waals surface area contributed by atoms with Gasteiger partial charge in [-0.3, -0.25) is 4.57 Å². The summed E-state index contributed by atoms with van der Waals surface area (Å²) in [6.45, 7) is 6.55. The number of para-hydroxylation sites is 2. The molecule has 0 N–H and O–H groups in total. The van der Waals surface area contributed by atoms with E-state index in [-0.39, 0.29) is 0 Å². The molecule has 0 fully saturated rings. The maximum Gasteiger partial charge on any atom is 0.238 e. The predicted octanol–water partition coefficient (Wildman–Crippen LogP) is 16.5. The molecular weight excluding hydrogens is 853 g/mol. The fourth-order valence-corrected chi connectivity index (χ4v) is 11.1. The molecule has 6 nitrogen and oxygen atoms in total. The lowest BCUT2D eigenvalue weighted by atomic mass is 10.0. The van der Waals surface area contributed by atoms with E-state index in [4.69, 9.17) is 15.0 Å². The Morgan fingerprint density at radius 2 is 0.943 bits per heavy atom. The largest absolute Gasteiger partial charge is 0.309 e. The quantitative estimate of drug-likeness (QED) is 0.160. The summed E-state index contributed by atoms with van der Waals surface area (Å²) in [4.78, 5) is 15.8. The first-order valence-corrected chi connectivity index (χ1v) is 23.8. The van der Waals surface area contributed by atoms with Crippen LogP contribution in [0.25, 0.3) is 139 Å². The summed E-state index contributed by atoms with van der Waals surface area (Å²) in [6.07, 6.45) is 6.37. The molecule has 70 heavy (non-hydrogen) atoms. The van der Waals surface area contributed by atoms with Gasteiger partial charge in [0.15, 0.2) is 11.6 Å². The molecule has 0 amide bonds. The van der Waals surface area contributed by atoms with Crippen LogP contribution < -0.4 is 0 Å². The summed E-state index contributed by atoms with van der Waals surface area (Å²) < 4.78 is 7.04. The average Bonchev–Trinajstić information content (AvgIpc) is 4.05. The molecular formula is C64H42N6. The highest BCUT2D eigenvalue weighted by Gasteiger charge is 2.24. The fourth-order valence-electron chi connectivity index (χ4n) is 11.1. The molecule has 328 valence electrons. The standard InChI is InChI=1S/C64H42N6/c1-3-16-53-48(4-2)60-58(35-36-59-61(60)51-25-12-14-27-56(51)69(59)54-28-15-22-42-19-9-10-23-49(42)54)68(53)47-33-34-57-52(39-47)50-24-11-13-26-55(50)70(57)64-66-62(45-31-29-40-17-5-7-20-43(40)37-45)65-63(67-64)46-32-30-41-18-6-8-21-44(41)38-46/h3-39H,2H2,1H3/b16-3-. The summed E-state index contributed by atoms with van der Waals surface area (Å²) in [5, 5.41) is 12.8. The maximum absolute atomic E-state index is 5.32. The Labute approximate surface area is 403 Å². The molecule has 0 spiro atoms. The highest BCUT2D eigenvalue weighted by molar-refractivity contribution is 6.24. The molecule has 4 aromatic heterocycles. The third kappa shape index (κ3) is 5.96. The topological polar surface area (TPSA) is 53.5 Å². The van der Waals surface area contributed by atoms with E-state index in [0.717, 1.165) is 82.9 Å². The van der Waals surface area contributed by atoms with E-state index in [1.807, 2.05) is 6.08 Å². The third-order valence-electron chi connectivity index (χ3n) is 14.1. The second-order valence-electron chi connectivity index (χ2n) is 18.0. The summed E-state index contributed by atoms with van der Waals surface area (Å²) in [6, 6.07) is 73.6. The normalized spacial score (nSPS) is 12.1. The number of rotatable bonds is 7.